The van der Waals surface area contributed by atoms with Crippen LogP contribution in [-0.2, 0) is 4.79 Å². The van der Waals surface area contributed by atoms with E-state index < -0.39 is 6.36 Å². The van der Waals surface area contributed by atoms with Gasteiger partial charge >= 0.3 is 6.36 Å². The summed E-state index contributed by atoms with van der Waals surface area (Å²) in [7, 11) is 0. The van der Waals surface area contributed by atoms with Crippen LogP contribution in [0.25, 0.3) is 10.9 Å². The Hall–Kier alpha value is -2.18. The third-order valence-electron chi connectivity index (χ3n) is 7.78. The molecule has 2 saturated carbocycles. The van der Waals surface area contributed by atoms with Crippen LogP contribution in [0.2, 0.25) is 0 Å². The fourth-order valence-corrected chi connectivity index (χ4v) is 7.26. The number of carbonyl (C=O) groups is 1. The Labute approximate surface area is 180 Å². The number of ether oxygens (including phenoxy) is 1. The van der Waals surface area contributed by atoms with Gasteiger partial charge in [-0.1, -0.05) is 26.8 Å². The minimum absolute atomic E-state index is 0.122. The van der Waals surface area contributed by atoms with Gasteiger partial charge in [-0.3, -0.25) is 4.79 Å². The minimum Gasteiger partial charge on any atom is -0.405 e. The highest BCUT2D eigenvalue weighted by Gasteiger charge is 2.58. The molecular formula is C24H29F3N2O2. The van der Waals surface area contributed by atoms with Gasteiger partial charge in [-0.2, -0.15) is 0 Å². The number of piperidine rings is 2. The van der Waals surface area contributed by atoms with Crippen molar-refractivity contribution < 1.29 is 22.7 Å². The number of hydrogen-bond acceptors (Lipinski definition) is 2. The first-order valence-electron chi connectivity index (χ1n) is 11.1. The van der Waals surface area contributed by atoms with Crippen LogP contribution in [0.15, 0.2) is 24.4 Å². The highest BCUT2D eigenvalue weighted by molar-refractivity contribution is 5.90. The number of H-pyrrole nitrogens is 1. The Morgan fingerprint density at radius 3 is 2.39 bits per heavy atom. The molecule has 4 aliphatic rings. The van der Waals surface area contributed by atoms with E-state index in [9.17, 15) is 18.0 Å². The van der Waals surface area contributed by atoms with Crippen molar-refractivity contribution in [3.05, 3.63) is 30.0 Å². The first kappa shape index (κ1) is 20.7. The normalized spacial score (nSPS) is 33.2. The average Bonchev–Trinajstić information content (AvgIpc) is 3.03. The number of nitrogens with one attached hydrogen (secondary N) is 1. The fourth-order valence-electron chi connectivity index (χ4n) is 7.26. The number of aromatic amines is 1. The molecule has 1 aromatic heterocycles. The lowest BCUT2D eigenvalue weighted by Gasteiger charge is -2.64. The van der Waals surface area contributed by atoms with Gasteiger partial charge in [0, 0.05) is 35.6 Å². The van der Waals surface area contributed by atoms with Gasteiger partial charge in [0.1, 0.15) is 5.75 Å². The Bertz CT molecular complexity index is 991. The van der Waals surface area contributed by atoms with Crippen LogP contribution in [0.3, 0.4) is 0 Å². The quantitative estimate of drug-likeness (QED) is 0.629. The third kappa shape index (κ3) is 3.60. The smallest absolute Gasteiger partial charge is 0.405 e. The summed E-state index contributed by atoms with van der Waals surface area (Å²) in [4.78, 5) is 18.6. The number of amides is 1. The molecule has 2 aliphatic heterocycles. The molecule has 2 aromatic rings. The van der Waals surface area contributed by atoms with E-state index in [1.807, 2.05) is 6.92 Å². The molecule has 168 valence electrons. The van der Waals surface area contributed by atoms with Crippen LogP contribution in [0.5, 0.6) is 5.75 Å². The number of carbonyl (C=O) groups excluding carboxylic acids is 1. The summed E-state index contributed by atoms with van der Waals surface area (Å²) in [6.07, 6.45) is 2.74. The highest BCUT2D eigenvalue weighted by Crippen LogP contribution is 2.61. The molecule has 1 atom stereocenters. The molecule has 1 amide bonds. The van der Waals surface area contributed by atoms with Crippen LogP contribution in [-0.4, -0.2) is 34.2 Å². The molecule has 2 aliphatic carbocycles. The summed E-state index contributed by atoms with van der Waals surface area (Å²) >= 11 is 0. The van der Waals surface area contributed by atoms with E-state index in [1.54, 1.807) is 12.3 Å². The Kier molecular flexibility index (Phi) is 4.45. The molecule has 2 saturated heterocycles. The minimum atomic E-state index is -4.76. The Morgan fingerprint density at radius 2 is 1.81 bits per heavy atom. The van der Waals surface area contributed by atoms with Gasteiger partial charge < -0.3 is 14.6 Å². The number of rotatable bonds is 4. The van der Waals surface area contributed by atoms with Crippen molar-refractivity contribution in [1.29, 1.82) is 0 Å². The lowest BCUT2D eigenvalue weighted by molar-refractivity contribution is -0.274. The number of nitrogens with zero attached hydrogens (tertiary/aromatic N) is 1. The molecule has 4 bridgehead atoms. The lowest BCUT2D eigenvalue weighted by atomic mass is 9.50. The van der Waals surface area contributed by atoms with Crippen molar-refractivity contribution >= 4 is 16.8 Å². The summed E-state index contributed by atoms with van der Waals surface area (Å²) in [6, 6.07) is 5.16. The van der Waals surface area contributed by atoms with E-state index in [4.69, 9.17) is 0 Å². The third-order valence-corrected chi connectivity index (χ3v) is 7.78. The number of benzene rings is 1. The maximum atomic E-state index is 13.4. The number of halogens is 3. The second-order valence-corrected chi connectivity index (χ2v) is 10.8. The van der Waals surface area contributed by atoms with E-state index in [1.165, 1.54) is 18.6 Å². The van der Waals surface area contributed by atoms with Crippen molar-refractivity contribution in [3.8, 4) is 5.75 Å². The van der Waals surface area contributed by atoms with Crippen molar-refractivity contribution in [2.24, 2.45) is 10.8 Å². The summed E-state index contributed by atoms with van der Waals surface area (Å²) in [5, 5.41) is 0.403. The molecule has 1 unspecified atom stereocenters. The van der Waals surface area contributed by atoms with Crippen molar-refractivity contribution in [2.45, 2.75) is 83.7 Å². The first-order valence-corrected chi connectivity index (χ1v) is 11.1. The van der Waals surface area contributed by atoms with Gasteiger partial charge in [0.25, 0.3) is 0 Å². The van der Waals surface area contributed by atoms with E-state index in [0.29, 0.717) is 39.4 Å². The summed E-state index contributed by atoms with van der Waals surface area (Å²) < 4.78 is 43.0. The van der Waals surface area contributed by atoms with Crippen molar-refractivity contribution in [2.75, 3.05) is 0 Å². The molecule has 7 heteroatoms. The first-order chi connectivity index (χ1) is 14.5. The predicted octanol–water partition coefficient (Wildman–Crippen LogP) is 6.13. The summed E-state index contributed by atoms with van der Waals surface area (Å²) in [6.45, 7) is 6.63. The van der Waals surface area contributed by atoms with Gasteiger partial charge in [-0.05, 0) is 66.5 Å². The summed E-state index contributed by atoms with van der Waals surface area (Å²) in [5.74, 6) is -0.323. The second kappa shape index (κ2) is 6.66. The zero-order valence-corrected chi connectivity index (χ0v) is 18.2. The lowest BCUT2D eigenvalue weighted by Crippen LogP contribution is -2.65. The molecule has 0 spiro atoms. The van der Waals surface area contributed by atoms with Crippen LogP contribution >= 0.6 is 0 Å². The number of alkyl halides is 3. The number of aromatic nitrogens is 1. The monoisotopic (exact) mass is 434 g/mol. The molecule has 4 nitrogen and oxygen atoms in total. The predicted molar refractivity (Wildman–Crippen MR) is 112 cm³/mol. The van der Waals surface area contributed by atoms with Gasteiger partial charge in [0.15, 0.2) is 0 Å². The highest BCUT2D eigenvalue weighted by atomic mass is 19.4. The zero-order chi connectivity index (χ0) is 22.2. The van der Waals surface area contributed by atoms with Gasteiger partial charge in [-0.15, -0.1) is 13.2 Å². The summed E-state index contributed by atoms with van der Waals surface area (Å²) in [5.41, 5.74) is 1.94. The molecule has 3 heterocycles. The van der Waals surface area contributed by atoms with Crippen molar-refractivity contribution in [1.82, 2.24) is 9.88 Å². The van der Waals surface area contributed by atoms with Crippen molar-refractivity contribution in [3.63, 3.8) is 0 Å². The SMILES string of the molecule is CC(CC(=O)N1C2CC3(C)CC1CC(C)(C2)C3)c1c[nH]c2cccc(OC(F)(F)F)c12. The molecule has 31 heavy (non-hydrogen) atoms. The van der Waals surface area contributed by atoms with Crippen LogP contribution in [0.1, 0.15) is 70.8 Å². The zero-order valence-electron chi connectivity index (χ0n) is 18.2. The number of hydrogen-bond donors (Lipinski definition) is 1. The van der Waals surface area contributed by atoms with Crippen LogP contribution < -0.4 is 4.74 Å². The largest absolute Gasteiger partial charge is 0.573 e. The fraction of sp³-hybridized carbons (Fsp3) is 0.625. The molecule has 4 fully saturated rings. The standard InChI is InChI=1S/C24H29F3N2O2/c1-14(17-12-28-18-5-4-6-19(21(17)18)31-24(25,26)27)7-20(30)29-15-8-22(2)9-16(29)11-23(3,10-15)13-22/h4-6,12,14-16,28H,7-11,13H2,1-3H3. The Morgan fingerprint density at radius 1 is 1.19 bits per heavy atom. The average molecular weight is 435 g/mol. The maximum Gasteiger partial charge on any atom is 0.573 e. The van der Waals surface area contributed by atoms with Gasteiger partial charge in [0.05, 0.1) is 0 Å². The van der Waals surface area contributed by atoms with Crippen LogP contribution in [0.4, 0.5) is 13.2 Å². The molecule has 1 aromatic carbocycles. The van der Waals surface area contributed by atoms with Gasteiger partial charge in [-0.25, -0.2) is 0 Å². The topological polar surface area (TPSA) is 45.3 Å². The second-order valence-electron chi connectivity index (χ2n) is 10.8. The maximum absolute atomic E-state index is 13.4. The number of fused-ring (bicyclic) bond motifs is 1. The van der Waals surface area contributed by atoms with E-state index >= 15 is 0 Å². The molecule has 0 radical (unpaired) electrons. The molecular weight excluding hydrogens is 405 g/mol. The molecule has 6 rings (SSSR count). The van der Waals surface area contributed by atoms with E-state index in [-0.39, 0.29) is 24.0 Å². The molecule has 1 N–H and O–H groups in total. The Balaban J connectivity index is 1.38. The van der Waals surface area contributed by atoms with Crippen LogP contribution in [0, 0.1) is 10.8 Å². The van der Waals surface area contributed by atoms with E-state index in [2.05, 4.69) is 28.5 Å². The van der Waals surface area contributed by atoms with E-state index in [0.717, 1.165) is 25.7 Å². The van der Waals surface area contributed by atoms with Gasteiger partial charge in [0.2, 0.25) is 5.91 Å².